The number of aliphatic hydroxyl groups is 7. The minimum Gasteiger partial charge on any atom is -0.460 e. The molecule has 0 saturated carbocycles. The number of aliphatic hydroxyl groups excluding tert-OH is 7. The zero-order valence-electron chi connectivity index (χ0n) is 21.1. The smallest absolute Gasteiger partial charge is 0.333 e. The Kier molecular flexibility index (Phi) is 11.4. The molecule has 0 spiro atoms. The van der Waals surface area contributed by atoms with Gasteiger partial charge in [-0.3, -0.25) is 0 Å². The van der Waals surface area contributed by atoms with Crippen molar-refractivity contribution in [3.8, 4) is 0 Å². The van der Waals surface area contributed by atoms with Gasteiger partial charge in [-0.05, 0) is 6.92 Å². The molecular weight excluding hydrogens is 532 g/mol. The monoisotopic (exact) mass is 568 g/mol. The second kappa shape index (κ2) is 14.1. The maximum Gasteiger partial charge on any atom is 0.333 e. The first-order chi connectivity index (χ1) is 18.4. The SMILES string of the molecule is C=C(C)C(=O)OCCNC(=O)NC1OCC(OC2OCC(OC3OCC(O)C(O)C3O)C(O)C2O)C(O)C1O. The van der Waals surface area contributed by atoms with Gasteiger partial charge in [0.15, 0.2) is 18.8 Å². The third-order valence-corrected chi connectivity index (χ3v) is 6.23. The topological polar surface area (TPSA) is 255 Å². The third kappa shape index (κ3) is 8.03. The summed E-state index contributed by atoms with van der Waals surface area (Å²) in [5.74, 6) is -0.613. The van der Waals surface area contributed by atoms with Gasteiger partial charge in [0.2, 0.25) is 0 Å². The summed E-state index contributed by atoms with van der Waals surface area (Å²) in [5, 5.41) is 75.7. The van der Waals surface area contributed by atoms with Gasteiger partial charge in [0.05, 0.1) is 26.4 Å². The van der Waals surface area contributed by atoms with Crippen LogP contribution in [0, 0.1) is 0 Å². The molecule has 3 saturated heterocycles. The summed E-state index contributed by atoms with van der Waals surface area (Å²) in [6, 6.07) is -0.772. The summed E-state index contributed by atoms with van der Waals surface area (Å²) in [7, 11) is 0. The lowest BCUT2D eigenvalue weighted by Crippen LogP contribution is -2.63. The number of carbonyl (C=O) groups is 2. The fourth-order valence-electron chi connectivity index (χ4n) is 3.90. The fourth-order valence-corrected chi connectivity index (χ4v) is 3.90. The second-order valence-corrected chi connectivity index (χ2v) is 9.33. The van der Waals surface area contributed by atoms with Crippen LogP contribution in [0.25, 0.3) is 0 Å². The van der Waals surface area contributed by atoms with E-state index in [0.717, 1.165) is 0 Å². The van der Waals surface area contributed by atoms with Crippen LogP contribution in [-0.2, 0) is 33.2 Å². The highest BCUT2D eigenvalue weighted by Crippen LogP contribution is 2.26. The zero-order valence-corrected chi connectivity index (χ0v) is 21.1. The molecule has 12 unspecified atom stereocenters. The molecule has 9 N–H and O–H groups in total. The number of esters is 1. The van der Waals surface area contributed by atoms with Gasteiger partial charge in [0.1, 0.15) is 61.5 Å². The van der Waals surface area contributed by atoms with Crippen molar-refractivity contribution in [1.29, 1.82) is 0 Å². The van der Waals surface area contributed by atoms with Gasteiger partial charge >= 0.3 is 12.0 Å². The van der Waals surface area contributed by atoms with E-state index in [1.54, 1.807) is 0 Å². The fraction of sp³-hybridized carbons (Fsp3) is 0.818. The summed E-state index contributed by atoms with van der Waals surface area (Å²) in [6.45, 7) is 3.71. The molecule has 3 heterocycles. The van der Waals surface area contributed by atoms with Crippen molar-refractivity contribution in [2.45, 2.75) is 80.7 Å². The first kappa shape index (κ1) is 31.5. The van der Waals surface area contributed by atoms with Crippen LogP contribution in [0.4, 0.5) is 4.79 Å². The van der Waals surface area contributed by atoms with Gasteiger partial charge in [0.25, 0.3) is 0 Å². The van der Waals surface area contributed by atoms with Gasteiger partial charge in [0, 0.05) is 5.57 Å². The molecule has 0 aromatic heterocycles. The number of nitrogens with one attached hydrogen (secondary N) is 2. The molecule has 0 aromatic carbocycles. The minimum absolute atomic E-state index is 0.0414. The average Bonchev–Trinajstić information content (AvgIpc) is 2.90. The summed E-state index contributed by atoms with van der Waals surface area (Å²) in [6.07, 6.45) is -17.7. The van der Waals surface area contributed by atoms with Crippen LogP contribution in [0.15, 0.2) is 12.2 Å². The van der Waals surface area contributed by atoms with E-state index in [-0.39, 0.29) is 38.5 Å². The van der Waals surface area contributed by atoms with Gasteiger partial charge in [-0.2, -0.15) is 0 Å². The first-order valence-corrected chi connectivity index (χ1v) is 12.2. The lowest BCUT2D eigenvalue weighted by atomic mass is 10.0. The first-order valence-electron chi connectivity index (χ1n) is 12.2. The van der Waals surface area contributed by atoms with Crippen LogP contribution in [0.5, 0.6) is 0 Å². The number of amides is 2. The third-order valence-electron chi connectivity index (χ3n) is 6.23. The zero-order chi connectivity index (χ0) is 28.9. The van der Waals surface area contributed by atoms with E-state index in [1.807, 2.05) is 0 Å². The molecule has 39 heavy (non-hydrogen) atoms. The molecule has 3 fully saturated rings. The van der Waals surface area contributed by atoms with Crippen LogP contribution >= 0.6 is 0 Å². The summed E-state index contributed by atoms with van der Waals surface area (Å²) in [4.78, 5) is 23.3. The highest BCUT2D eigenvalue weighted by atomic mass is 16.7. The van der Waals surface area contributed by atoms with Crippen molar-refractivity contribution >= 4 is 12.0 Å². The van der Waals surface area contributed by atoms with E-state index >= 15 is 0 Å². The van der Waals surface area contributed by atoms with Gasteiger partial charge in [-0.25, -0.2) is 9.59 Å². The number of urea groups is 1. The Balaban J connectivity index is 1.43. The van der Waals surface area contributed by atoms with Crippen LogP contribution < -0.4 is 10.6 Å². The highest BCUT2D eigenvalue weighted by molar-refractivity contribution is 5.86. The maximum atomic E-state index is 12.0. The molecule has 3 aliphatic heterocycles. The van der Waals surface area contributed by atoms with Crippen molar-refractivity contribution in [2.24, 2.45) is 0 Å². The van der Waals surface area contributed by atoms with E-state index in [0.29, 0.717) is 0 Å². The van der Waals surface area contributed by atoms with Crippen molar-refractivity contribution in [2.75, 3.05) is 33.0 Å². The molecule has 12 atom stereocenters. The summed E-state index contributed by atoms with van der Waals surface area (Å²) in [5.41, 5.74) is 0.203. The van der Waals surface area contributed by atoms with Crippen LogP contribution in [0.1, 0.15) is 6.92 Å². The standard InChI is InChI=1S/C22H36N2O15/c1-8(2)19(32)34-4-3-23-22(33)24-18-15(29)13(27)10(6-35-18)38-21-17(31)14(28)11(7-37-21)39-20-16(30)12(26)9(25)5-36-20/h9-18,20-21,25-31H,1,3-7H2,2H3,(H2,23,24,33). The van der Waals surface area contributed by atoms with E-state index in [9.17, 15) is 45.3 Å². The van der Waals surface area contributed by atoms with Gasteiger partial charge in [-0.1, -0.05) is 6.58 Å². The molecule has 17 nitrogen and oxygen atoms in total. The predicted octanol–water partition coefficient (Wildman–Crippen LogP) is -5.23. The molecule has 3 aliphatic rings. The van der Waals surface area contributed by atoms with Crippen molar-refractivity contribution in [3.63, 3.8) is 0 Å². The Morgan fingerprint density at radius 2 is 1.33 bits per heavy atom. The molecular formula is C22H36N2O15. The normalized spacial score (nSPS) is 40.9. The van der Waals surface area contributed by atoms with Crippen LogP contribution in [0.2, 0.25) is 0 Å². The van der Waals surface area contributed by atoms with E-state index in [2.05, 4.69) is 17.2 Å². The molecule has 0 aromatic rings. The largest absolute Gasteiger partial charge is 0.460 e. The second-order valence-electron chi connectivity index (χ2n) is 9.33. The average molecular weight is 569 g/mol. The Morgan fingerprint density at radius 3 is 1.95 bits per heavy atom. The number of hydrogen-bond acceptors (Lipinski definition) is 15. The van der Waals surface area contributed by atoms with E-state index < -0.39 is 85.7 Å². The molecule has 0 aliphatic carbocycles. The van der Waals surface area contributed by atoms with Crippen molar-refractivity contribution in [1.82, 2.24) is 10.6 Å². The molecule has 3 rings (SSSR count). The van der Waals surface area contributed by atoms with Crippen molar-refractivity contribution < 1.29 is 73.8 Å². The Morgan fingerprint density at radius 1 is 0.795 bits per heavy atom. The van der Waals surface area contributed by atoms with Gasteiger partial charge < -0.3 is 74.8 Å². The number of rotatable bonds is 9. The molecule has 0 radical (unpaired) electrons. The van der Waals surface area contributed by atoms with E-state index in [1.165, 1.54) is 6.92 Å². The number of hydrogen-bond donors (Lipinski definition) is 9. The number of ether oxygens (including phenoxy) is 6. The number of carbonyl (C=O) groups excluding carboxylic acids is 2. The van der Waals surface area contributed by atoms with E-state index in [4.69, 9.17) is 28.4 Å². The summed E-state index contributed by atoms with van der Waals surface area (Å²) < 4.78 is 31.6. The highest BCUT2D eigenvalue weighted by Gasteiger charge is 2.47. The Labute approximate surface area is 222 Å². The van der Waals surface area contributed by atoms with Gasteiger partial charge in [-0.15, -0.1) is 0 Å². The molecule has 17 heteroatoms. The Bertz CT molecular complexity index is 848. The van der Waals surface area contributed by atoms with Crippen LogP contribution in [0.3, 0.4) is 0 Å². The molecule has 2 amide bonds. The molecule has 224 valence electrons. The molecule has 0 bridgehead atoms. The quantitative estimate of drug-likeness (QED) is 0.0715. The van der Waals surface area contributed by atoms with Crippen molar-refractivity contribution in [3.05, 3.63) is 12.2 Å². The lowest BCUT2D eigenvalue weighted by molar-refractivity contribution is -0.341. The minimum atomic E-state index is -1.70. The Hall–Kier alpha value is -2.00. The lowest BCUT2D eigenvalue weighted by Gasteiger charge is -2.43. The van der Waals surface area contributed by atoms with Crippen LogP contribution in [-0.4, -0.2) is 154 Å². The predicted molar refractivity (Wildman–Crippen MR) is 123 cm³/mol. The maximum absolute atomic E-state index is 12.0. The summed E-state index contributed by atoms with van der Waals surface area (Å²) >= 11 is 0.